The molecular weight excluding hydrogens is 378 g/mol. The molecule has 0 aromatic heterocycles. The highest BCUT2D eigenvalue weighted by molar-refractivity contribution is 9.10. The fraction of sp³-hybridized carbons (Fsp3) is 0.611. The summed E-state index contributed by atoms with van der Waals surface area (Å²) in [5.74, 6) is -2.53. The van der Waals surface area contributed by atoms with Gasteiger partial charge >= 0.3 is 0 Å². The van der Waals surface area contributed by atoms with Crippen molar-refractivity contribution < 1.29 is 13.6 Å². The third kappa shape index (κ3) is 4.33. The van der Waals surface area contributed by atoms with Gasteiger partial charge < -0.3 is 4.90 Å². The molecule has 1 aromatic rings. The van der Waals surface area contributed by atoms with E-state index in [2.05, 4.69) is 26.9 Å². The van der Waals surface area contributed by atoms with Crippen LogP contribution in [0.5, 0.6) is 0 Å². The smallest absolute Gasteiger partial charge is 0.251 e. The summed E-state index contributed by atoms with van der Waals surface area (Å²) < 4.78 is 27.6. The van der Waals surface area contributed by atoms with Crippen molar-refractivity contribution in [3.8, 4) is 0 Å². The van der Waals surface area contributed by atoms with Crippen LogP contribution in [0, 0.1) is 5.92 Å². The number of likely N-dealkylation sites (tertiary alicyclic amines) is 2. The van der Waals surface area contributed by atoms with E-state index in [1.807, 2.05) is 18.2 Å². The zero-order chi connectivity index (χ0) is 17.2. The predicted molar refractivity (Wildman–Crippen MR) is 92.9 cm³/mol. The molecule has 6 heteroatoms. The first kappa shape index (κ1) is 17.8. The molecular formula is C18H23BrF2N2O. The van der Waals surface area contributed by atoms with E-state index in [1.165, 1.54) is 5.56 Å². The van der Waals surface area contributed by atoms with E-state index in [4.69, 9.17) is 0 Å². The van der Waals surface area contributed by atoms with Crippen molar-refractivity contribution in [1.82, 2.24) is 9.80 Å². The number of carbonyl (C=O) groups excluding carboxylic acids is 1. The van der Waals surface area contributed by atoms with Crippen molar-refractivity contribution in [2.75, 3.05) is 26.2 Å². The van der Waals surface area contributed by atoms with Gasteiger partial charge in [0, 0.05) is 42.9 Å². The molecule has 0 unspecified atom stereocenters. The Balaban J connectivity index is 1.48. The van der Waals surface area contributed by atoms with Gasteiger partial charge in [-0.25, -0.2) is 8.78 Å². The van der Waals surface area contributed by atoms with Gasteiger partial charge in [0.1, 0.15) is 0 Å². The monoisotopic (exact) mass is 400 g/mol. The van der Waals surface area contributed by atoms with Crippen LogP contribution in [0.15, 0.2) is 28.7 Å². The lowest BCUT2D eigenvalue weighted by Crippen LogP contribution is -2.47. The molecule has 0 saturated carbocycles. The average molecular weight is 401 g/mol. The van der Waals surface area contributed by atoms with Gasteiger partial charge in [-0.1, -0.05) is 34.1 Å². The summed E-state index contributed by atoms with van der Waals surface area (Å²) in [6.45, 7) is 3.02. The van der Waals surface area contributed by atoms with E-state index in [0.29, 0.717) is 0 Å². The molecule has 0 aliphatic carbocycles. The van der Waals surface area contributed by atoms with Crippen molar-refractivity contribution in [2.45, 2.75) is 38.2 Å². The van der Waals surface area contributed by atoms with E-state index < -0.39 is 5.92 Å². The number of halogens is 3. The van der Waals surface area contributed by atoms with Crippen molar-refractivity contribution in [2.24, 2.45) is 5.92 Å². The number of benzene rings is 1. The summed E-state index contributed by atoms with van der Waals surface area (Å²) in [5, 5.41) is 0. The lowest BCUT2D eigenvalue weighted by molar-refractivity contribution is -0.143. The second kappa shape index (κ2) is 7.48. The Bertz CT molecular complexity index is 578. The molecule has 2 heterocycles. The largest absolute Gasteiger partial charge is 0.342 e. The fourth-order valence-corrected chi connectivity index (χ4v) is 3.93. The van der Waals surface area contributed by atoms with Gasteiger partial charge in [0.25, 0.3) is 5.92 Å². The zero-order valence-corrected chi connectivity index (χ0v) is 15.3. The number of alkyl halides is 2. The molecule has 0 radical (unpaired) electrons. The second-order valence-electron chi connectivity index (χ2n) is 6.82. The summed E-state index contributed by atoms with van der Waals surface area (Å²) in [6, 6.07) is 8.18. The lowest BCUT2D eigenvalue weighted by atomic mass is 9.93. The highest BCUT2D eigenvalue weighted by Gasteiger charge is 2.37. The maximum atomic E-state index is 13.2. The fourth-order valence-electron chi connectivity index (χ4n) is 3.52. The van der Waals surface area contributed by atoms with Crippen molar-refractivity contribution >= 4 is 21.8 Å². The van der Waals surface area contributed by atoms with Crippen LogP contribution in [-0.2, 0) is 11.3 Å². The minimum absolute atomic E-state index is 0.00723. The summed E-state index contributed by atoms with van der Waals surface area (Å²) in [5.41, 5.74) is 1.25. The van der Waals surface area contributed by atoms with Crippen LogP contribution in [0.3, 0.4) is 0 Å². The molecule has 1 amide bonds. The van der Waals surface area contributed by atoms with Gasteiger partial charge in [0.05, 0.1) is 0 Å². The summed E-state index contributed by atoms with van der Waals surface area (Å²) in [4.78, 5) is 16.5. The first-order chi connectivity index (χ1) is 11.4. The van der Waals surface area contributed by atoms with Crippen LogP contribution in [0.2, 0.25) is 0 Å². The maximum Gasteiger partial charge on any atom is 0.251 e. The average Bonchev–Trinajstić information content (AvgIpc) is 2.57. The molecule has 3 rings (SSSR count). The van der Waals surface area contributed by atoms with E-state index in [0.717, 1.165) is 36.9 Å². The van der Waals surface area contributed by atoms with Crippen LogP contribution in [-0.4, -0.2) is 47.8 Å². The first-order valence-electron chi connectivity index (χ1n) is 8.57. The van der Waals surface area contributed by atoms with E-state index in [-0.39, 0.29) is 37.8 Å². The Morgan fingerprint density at radius 3 is 2.38 bits per heavy atom. The Morgan fingerprint density at radius 1 is 1.12 bits per heavy atom. The number of carbonyl (C=O) groups is 1. The molecule has 2 saturated heterocycles. The molecule has 3 nitrogen and oxygen atoms in total. The van der Waals surface area contributed by atoms with E-state index in [1.54, 1.807) is 4.90 Å². The standard InChI is InChI=1S/C18H23BrF2N2O/c19-16-4-2-1-3-15(16)13-22-9-5-14(6-10-22)17(24)23-11-7-18(20,21)8-12-23/h1-4,14H,5-13H2. The molecule has 0 atom stereocenters. The molecule has 2 aliphatic heterocycles. The number of hydrogen-bond donors (Lipinski definition) is 0. The van der Waals surface area contributed by atoms with Crippen molar-refractivity contribution in [3.63, 3.8) is 0 Å². The molecule has 24 heavy (non-hydrogen) atoms. The van der Waals surface area contributed by atoms with Crippen LogP contribution >= 0.6 is 15.9 Å². The van der Waals surface area contributed by atoms with Gasteiger partial charge in [-0.2, -0.15) is 0 Å². The minimum Gasteiger partial charge on any atom is -0.342 e. The highest BCUT2D eigenvalue weighted by atomic mass is 79.9. The zero-order valence-electron chi connectivity index (χ0n) is 13.7. The maximum absolute atomic E-state index is 13.2. The first-order valence-corrected chi connectivity index (χ1v) is 9.36. The Hall–Kier alpha value is -1.01. The molecule has 0 N–H and O–H groups in total. The molecule has 1 aromatic carbocycles. The molecule has 2 fully saturated rings. The third-order valence-electron chi connectivity index (χ3n) is 5.10. The summed E-state index contributed by atoms with van der Waals surface area (Å²) >= 11 is 3.57. The quantitative estimate of drug-likeness (QED) is 0.767. The molecule has 0 spiro atoms. The second-order valence-corrected chi connectivity index (χ2v) is 7.68. The Kier molecular flexibility index (Phi) is 5.55. The summed E-state index contributed by atoms with van der Waals surface area (Å²) in [6.07, 6.45) is 1.24. The lowest BCUT2D eigenvalue weighted by Gasteiger charge is -2.37. The predicted octanol–water partition coefficient (Wildman–Crippen LogP) is 3.92. The highest BCUT2D eigenvalue weighted by Crippen LogP contribution is 2.30. The number of amides is 1. The van der Waals surface area contributed by atoms with Gasteiger partial charge in [-0.05, 0) is 37.6 Å². The van der Waals surface area contributed by atoms with Gasteiger partial charge in [-0.3, -0.25) is 9.69 Å². The Labute approximate surface area is 150 Å². The van der Waals surface area contributed by atoms with Gasteiger partial charge in [0.2, 0.25) is 5.91 Å². The van der Waals surface area contributed by atoms with Crippen LogP contribution < -0.4 is 0 Å². The van der Waals surface area contributed by atoms with E-state index >= 15 is 0 Å². The van der Waals surface area contributed by atoms with Crippen LogP contribution in [0.1, 0.15) is 31.2 Å². The number of hydrogen-bond acceptors (Lipinski definition) is 2. The number of nitrogens with zero attached hydrogens (tertiary/aromatic N) is 2. The molecule has 132 valence electrons. The summed E-state index contributed by atoms with van der Waals surface area (Å²) in [7, 11) is 0. The third-order valence-corrected chi connectivity index (χ3v) is 5.87. The minimum atomic E-state index is -2.59. The topological polar surface area (TPSA) is 23.6 Å². The number of rotatable bonds is 3. The molecule has 2 aliphatic rings. The van der Waals surface area contributed by atoms with Crippen LogP contribution in [0.4, 0.5) is 8.78 Å². The van der Waals surface area contributed by atoms with Gasteiger partial charge in [-0.15, -0.1) is 0 Å². The van der Waals surface area contributed by atoms with Crippen molar-refractivity contribution in [1.29, 1.82) is 0 Å². The SMILES string of the molecule is O=C(C1CCN(Cc2ccccc2Br)CC1)N1CCC(F)(F)CC1. The van der Waals surface area contributed by atoms with Gasteiger partial charge in [0.15, 0.2) is 0 Å². The van der Waals surface area contributed by atoms with Crippen LogP contribution in [0.25, 0.3) is 0 Å². The molecule has 0 bridgehead atoms. The number of piperidine rings is 2. The van der Waals surface area contributed by atoms with Crippen molar-refractivity contribution in [3.05, 3.63) is 34.3 Å². The Morgan fingerprint density at radius 2 is 1.75 bits per heavy atom. The van der Waals surface area contributed by atoms with E-state index in [9.17, 15) is 13.6 Å². The normalized spacial score (nSPS) is 22.5.